The summed E-state index contributed by atoms with van der Waals surface area (Å²) < 4.78 is 0. The monoisotopic (exact) mass is 266 g/mol. The van der Waals surface area contributed by atoms with Gasteiger partial charge in [0, 0.05) is 24.9 Å². The van der Waals surface area contributed by atoms with E-state index in [1.165, 1.54) is 16.9 Å². The molecule has 3 heteroatoms. The minimum atomic E-state index is 0.474. The van der Waals surface area contributed by atoms with Crippen molar-refractivity contribution in [1.82, 2.24) is 9.80 Å². The van der Waals surface area contributed by atoms with Crippen molar-refractivity contribution in [2.75, 3.05) is 39.7 Å². The van der Waals surface area contributed by atoms with Gasteiger partial charge in [0.25, 0.3) is 0 Å². The van der Waals surface area contributed by atoms with Crippen molar-refractivity contribution < 1.29 is 0 Å². The summed E-state index contributed by atoms with van der Waals surface area (Å²) in [6.45, 7) is 4.43. The van der Waals surface area contributed by atoms with Crippen molar-refractivity contribution in [3.63, 3.8) is 0 Å². The van der Waals surface area contributed by atoms with Crippen molar-refractivity contribution in [3.8, 4) is 0 Å². The molecule has 0 aliphatic rings. The highest BCUT2D eigenvalue weighted by Gasteiger charge is 2.08. The molecule has 0 N–H and O–H groups in total. The molecule has 0 bridgehead atoms. The number of nitrogens with zero attached hydrogens (tertiary/aromatic N) is 2. The summed E-state index contributed by atoms with van der Waals surface area (Å²) in [7, 11) is 6.45. The van der Waals surface area contributed by atoms with E-state index in [1.807, 2.05) is 11.8 Å². The second-order valence-corrected chi connectivity index (χ2v) is 6.10. The summed E-state index contributed by atoms with van der Waals surface area (Å²) in [5.74, 6) is 1.20. The molecule has 102 valence electrons. The van der Waals surface area contributed by atoms with E-state index in [9.17, 15) is 0 Å². The molecule has 0 heterocycles. The average molecular weight is 266 g/mol. The largest absolute Gasteiger partial charge is 0.303 e. The quantitative estimate of drug-likeness (QED) is 0.749. The van der Waals surface area contributed by atoms with Gasteiger partial charge in [-0.2, -0.15) is 11.8 Å². The fourth-order valence-corrected chi connectivity index (χ4v) is 2.38. The Labute approximate surface area is 116 Å². The second kappa shape index (κ2) is 7.82. The average Bonchev–Trinajstić information content (AvgIpc) is 2.35. The Balaban J connectivity index is 2.64. The van der Waals surface area contributed by atoms with Gasteiger partial charge in [-0.05, 0) is 45.4 Å². The van der Waals surface area contributed by atoms with E-state index in [0.29, 0.717) is 6.04 Å². The summed E-state index contributed by atoms with van der Waals surface area (Å²) in [5, 5.41) is 0. The molecule has 0 amide bonds. The zero-order chi connectivity index (χ0) is 13.5. The molecule has 0 aliphatic heterocycles. The van der Waals surface area contributed by atoms with Gasteiger partial charge in [0.1, 0.15) is 0 Å². The van der Waals surface area contributed by atoms with Gasteiger partial charge in [-0.3, -0.25) is 0 Å². The summed E-state index contributed by atoms with van der Waals surface area (Å²) in [6, 6.07) is 9.42. The molecule has 0 saturated carbocycles. The molecule has 0 unspecified atom stereocenters. The van der Waals surface area contributed by atoms with Gasteiger partial charge in [-0.25, -0.2) is 0 Å². The van der Waals surface area contributed by atoms with Crippen LogP contribution in [0.1, 0.15) is 24.1 Å². The van der Waals surface area contributed by atoms with E-state index >= 15 is 0 Å². The summed E-state index contributed by atoms with van der Waals surface area (Å²) >= 11 is 1.90. The predicted octanol–water partition coefficient (Wildman–Crippen LogP) is 3.10. The van der Waals surface area contributed by atoms with Crippen molar-refractivity contribution in [2.24, 2.45) is 0 Å². The highest BCUT2D eigenvalue weighted by molar-refractivity contribution is 7.98. The van der Waals surface area contributed by atoms with Crippen LogP contribution < -0.4 is 0 Å². The van der Waals surface area contributed by atoms with E-state index in [-0.39, 0.29) is 0 Å². The predicted molar refractivity (Wildman–Crippen MR) is 83.3 cm³/mol. The molecule has 0 aliphatic carbocycles. The summed E-state index contributed by atoms with van der Waals surface area (Å²) in [4.78, 5) is 4.63. The lowest BCUT2D eigenvalue weighted by Crippen LogP contribution is -2.21. The van der Waals surface area contributed by atoms with Crippen molar-refractivity contribution in [3.05, 3.63) is 35.4 Å². The van der Waals surface area contributed by atoms with Crippen LogP contribution in [0.3, 0.4) is 0 Å². The minimum Gasteiger partial charge on any atom is -0.303 e. The number of benzene rings is 1. The molecule has 0 spiro atoms. The first-order valence-electron chi connectivity index (χ1n) is 6.47. The topological polar surface area (TPSA) is 6.48 Å². The van der Waals surface area contributed by atoms with Crippen molar-refractivity contribution in [2.45, 2.75) is 19.5 Å². The molecule has 0 fully saturated rings. The maximum atomic E-state index is 2.38. The Kier molecular flexibility index (Phi) is 6.76. The minimum absolute atomic E-state index is 0.474. The van der Waals surface area contributed by atoms with Crippen LogP contribution in [0.2, 0.25) is 0 Å². The third-order valence-corrected chi connectivity index (χ3v) is 3.93. The third kappa shape index (κ3) is 5.01. The smallest absolute Gasteiger partial charge is 0.0313 e. The molecule has 0 radical (unpaired) electrons. The molecule has 18 heavy (non-hydrogen) atoms. The number of thioether (sulfide) groups is 1. The van der Waals surface area contributed by atoms with Crippen LogP contribution in [0, 0.1) is 0 Å². The lowest BCUT2D eigenvalue weighted by Gasteiger charge is -2.22. The fourth-order valence-electron chi connectivity index (χ4n) is 1.89. The number of hydrogen-bond donors (Lipinski definition) is 0. The highest BCUT2D eigenvalue weighted by Crippen LogP contribution is 2.19. The Hall–Kier alpha value is -0.510. The normalized spacial score (nSPS) is 13.3. The van der Waals surface area contributed by atoms with Gasteiger partial charge in [0.15, 0.2) is 0 Å². The molecule has 0 aromatic heterocycles. The molecule has 2 nitrogen and oxygen atoms in total. The zero-order valence-electron chi connectivity index (χ0n) is 12.3. The SMILES string of the molecule is CSCCN(C)Cc1cccc([C@H](C)N(C)C)c1. The van der Waals surface area contributed by atoms with E-state index in [1.54, 1.807) is 0 Å². The van der Waals surface area contributed by atoms with Gasteiger partial charge in [0.2, 0.25) is 0 Å². The molecule has 1 aromatic carbocycles. The lowest BCUT2D eigenvalue weighted by atomic mass is 10.0. The van der Waals surface area contributed by atoms with Crippen LogP contribution in [0.4, 0.5) is 0 Å². The standard InChI is InChI=1S/C15H26N2S/c1-13(16(2)3)15-8-6-7-14(11-15)12-17(4)9-10-18-5/h6-8,11,13H,9-10,12H2,1-5H3/t13-/m0/s1. The lowest BCUT2D eigenvalue weighted by molar-refractivity contribution is 0.319. The number of rotatable bonds is 7. The van der Waals surface area contributed by atoms with E-state index in [0.717, 1.165) is 13.1 Å². The number of hydrogen-bond acceptors (Lipinski definition) is 3. The van der Waals surface area contributed by atoms with Crippen LogP contribution in [-0.4, -0.2) is 49.5 Å². The van der Waals surface area contributed by atoms with E-state index < -0.39 is 0 Å². The van der Waals surface area contributed by atoms with Gasteiger partial charge in [-0.15, -0.1) is 0 Å². The van der Waals surface area contributed by atoms with Gasteiger partial charge in [0.05, 0.1) is 0 Å². The first kappa shape index (κ1) is 15.5. The third-order valence-electron chi connectivity index (χ3n) is 3.34. The highest BCUT2D eigenvalue weighted by atomic mass is 32.2. The van der Waals surface area contributed by atoms with Crippen LogP contribution in [0.15, 0.2) is 24.3 Å². The van der Waals surface area contributed by atoms with Gasteiger partial charge < -0.3 is 9.80 Å². The van der Waals surface area contributed by atoms with Crippen LogP contribution in [0.25, 0.3) is 0 Å². The van der Waals surface area contributed by atoms with Crippen LogP contribution >= 0.6 is 11.8 Å². The molecular formula is C15H26N2S. The molecule has 1 atom stereocenters. The Morgan fingerprint density at radius 2 is 1.94 bits per heavy atom. The summed E-state index contributed by atoms with van der Waals surface area (Å²) in [6.07, 6.45) is 2.16. The fraction of sp³-hybridized carbons (Fsp3) is 0.600. The van der Waals surface area contributed by atoms with E-state index in [2.05, 4.69) is 68.4 Å². The molecule has 1 rings (SSSR count). The van der Waals surface area contributed by atoms with Crippen LogP contribution in [0.5, 0.6) is 0 Å². The zero-order valence-corrected chi connectivity index (χ0v) is 13.1. The van der Waals surface area contributed by atoms with Gasteiger partial charge in [-0.1, -0.05) is 24.3 Å². The Morgan fingerprint density at radius 1 is 1.22 bits per heavy atom. The Morgan fingerprint density at radius 3 is 2.56 bits per heavy atom. The molecule has 1 aromatic rings. The second-order valence-electron chi connectivity index (χ2n) is 5.12. The maximum absolute atomic E-state index is 2.38. The van der Waals surface area contributed by atoms with Crippen molar-refractivity contribution >= 4 is 11.8 Å². The van der Waals surface area contributed by atoms with E-state index in [4.69, 9.17) is 0 Å². The van der Waals surface area contributed by atoms with Gasteiger partial charge >= 0.3 is 0 Å². The van der Waals surface area contributed by atoms with Crippen LogP contribution in [-0.2, 0) is 6.54 Å². The van der Waals surface area contributed by atoms with Crippen molar-refractivity contribution in [1.29, 1.82) is 0 Å². The molecule has 0 saturated heterocycles. The first-order chi connectivity index (χ1) is 8.54. The summed E-state index contributed by atoms with van der Waals surface area (Å²) in [5.41, 5.74) is 2.81. The molecular weight excluding hydrogens is 240 g/mol. The Bertz CT molecular complexity index is 352. The maximum Gasteiger partial charge on any atom is 0.0313 e. The first-order valence-corrected chi connectivity index (χ1v) is 7.86.